The van der Waals surface area contributed by atoms with Gasteiger partial charge in [-0.15, -0.1) is 0 Å². The summed E-state index contributed by atoms with van der Waals surface area (Å²) in [6.07, 6.45) is 0.377. The van der Waals surface area contributed by atoms with Gasteiger partial charge in [0, 0.05) is 18.6 Å². The molecule has 0 atom stereocenters. The van der Waals surface area contributed by atoms with Crippen LogP contribution in [0.25, 0.3) is 0 Å². The van der Waals surface area contributed by atoms with Gasteiger partial charge in [-0.25, -0.2) is 4.39 Å². The number of aliphatic hydroxyl groups excluding tert-OH is 1. The maximum absolute atomic E-state index is 13.3. The van der Waals surface area contributed by atoms with E-state index in [9.17, 15) is 4.39 Å². The molecule has 0 amide bonds. The van der Waals surface area contributed by atoms with Crippen molar-refractivity contribution in [3.8, 4) is 5.75 Å². The van der Waals surface area contributed by atoms with Gasteiger partial charge in [-0.3, -0.25) is 0 Å². The summed E-state index contributed by atoms with van der Waals surface area (Å²) in [5.74, 6) is 0.305. The monoisotopic (exact) mass is 262 g/mol. The maximum Gasteiger partial charge on any atom is 0.138 e. The molecule has 14 heavy (non-hydrogen) atoms. The molecule has 0 bridgehead atoms. The van der Waals surface area contributed by atoms with Crippen molar-refractivity contribution in [3.05, 3.63) is 27.5 Å². The number of hydrogen-bond acceptors (Lipinski definition) is 2. The predicted octanol–water partition coefficient (Wildman–Crippen LogP) is 2.44. The standard InChI is InChI=1S/C10H12BrFO2/c1-6-5-8(12)9(11)7(3-4-13)10(6)14-2/h5,13H,3-4H2,1-2H3. The fourth-order valence-electron chi connectivity index (χ4n) is 1.42. The fourth-order valence-corrected chi connectivity index (χ4v) is 1.91. The van der Waals surface area contributed by atoms with Gasteiger partial charge in [-0.2, -0.15) is 0 Å². The van der Waals surface area contributed by atoms with Crippen molar-refractivity contribution in [2.45, 2.75) is 13.3 Å². The highest BCUT2D eigenvalue weighted by molar-refractivity contribution is 9.10. The van der Waals surface area contributed by atoms with Crippen LogP contribution < -0.4 is 4.74 Å². The minimum Gasteiger partial charge on any atom is -0.496 e. The predicted molar refractivity (Wildman–Crippen MR) is 56.2 cm³/mol. The van der Waals surface area contributed by atoms with E-state index in [0.717, 1.165) is 5.56 Å². The van der Waals surface area contributed by atoms with Crippen molar-refractivity contribution >= 4 is 15.9 Å². The van der Waals surface area contributed by atoms with E-state index in [-0.39, 0.29) is 12.4 Å². The lowest BCUT2D eigenvalue weighted by Gasteiger charge is -2.13. The number of aryl methyl sites for hydroxylation is 1. The second-order valence-corrected chi connectivity index (χ2v) is 3.77. The number of rotatable bonds is 3. The van der Waals surface area contributed by atoms with Crippen molar-refractivity contribution in [2.24, 2.45) is 0 Å². The molecular weight excluding hydrogens is 251 g/mol. The Morgan fingerprint density at radius 1 is 1.57 bits per heavy atom. The summed E-state index contributed by atoms with van der Waals surface area (Å²) in [5, 5.41) is 8.85. The molecule has 1 aromatic rings. The van der Waals surface area contributed by atoms with Crippen molar-refractivity contribution in [2.75, 3.05) is 13.7 Å². The van der Waals surface area contributed by atoms with Gasteiger partial charge in [-0.05, 0) is 34.5 Å². The molecular formula is C10H12BrFO2. The van der Waals surface area contributed by atoms with Crippen LogP contribution in [0.3, 0.4) is 0 Å². The highest BCUT2D eigenvalue weighted by Gasteiger charge is 2.14. The first-order chi connectivity index (χ1) is 6.61. The van der Waals surface area contributed by atoms with Crippen LogP contribution in [-0.4, -0.2) is 18.8 Å². The number of halogens is 2. The quantitative estimate of drug-likeness (QED) is 0.907. The minimum absolute atomic E-state index is 0.0299. The van der Waals surface area contributed by atoms with E-state index in [2.05, 4.69) is 15.9 Å². The number of aliphatic hydroxyl groups is 1. The summed E-state index contributed by atoms with van der Waals surface area (Å²) >= 11 is 3.14. The fraction of sp³-hybridized carbons (Fsp3) is 0.400. The van der Waals surface area contributed by atoms with E-state index in [1.54, 1.807) is 6.92 Å². The summed E-state index contributed by atoms with van der Waals surface area (Å²) in [6.45, 7) is 1.74. The first-order valence-electron chi connectivity index (χ1n) is 4.24. The lowest BCUT2D eigenvalue weighted by atomic mass is 10.1. The smallest absolute Gasteiger partial charge is 0.138 e. The molecule has 0 fully saturated rings. The van der Waals surface area contributed by atoms with Crippen LogP contribution in [0.15, 0.2) is 10.5 Å². The summed E-state index contributed by atoms with van der Waals surface area (Å²) in [4.78, 5) is 0. The van der Waals surface area contributed by atoms with E-state index in [1.165, 1.54) is 13.2 Å². The second kappa shape index (κ2) is 4.75. The molecule has 0 saturated carbocycles. The van der Waals surface area contributed by atoms with Gasteiger partial charge in [0.05, 0.1) is 11.6 Å². The molecule has 1 rings (SSSR count). The third-order valence-electron chi connectivity index (χ3n) is 2.02. The molecule has 0 heterocycles. The number of hydrogen-bond donors (Lipinski definition) is 1. The zero-order valence-corrected chi connectivity index (χ0v) is 9.69. The molecule has 2 nitrogen and oxygen atoms in total. The highest BCUT2D eigenvalue weighted by atomic mass is 79.9. The maximum atomic E-state index is 13.3. The highest BCUT2D eigenvalue weighted by Crippen LogP contribution is 2.32. The Kier molecular flexibility index (Phi) is 3.89. The Morgan fingerprint density at radius 2 is 2.21 bits per heavy atom. The van der Waals surface area contributed by atoms with Gasteiger partial charge in [-0.1, -0.05) is 0 Å². The molecule has 4 heteroatoms. The van der Waals surface area contributed by atoms with Crippen LogP contribution >= 0.6 is 15.9 Å². The van der Waals surface area contributed by atoms with Gasteiger partial charge in [0.15, 0.2) is 0 Å². The Balaban J connectivity index is 3.32. The lowest BCUT2D eigenvalue weighted by molar-refractivity contribution is 0.296. The number of methoxy groups -OCH3 is 1. The molecule has 0 radical (unpaired) electrons. The summed E-state index contributed by atoms with van der Waals surface area (Å²) in [6, 6.07) is 1.41. The van der Waals surface area contributed by atoms with Crippen LogP contribution in [0.1, 0.15) is 11.1 Å². The second-order valence-electron chi connectivity index (χ2n) is 2.97. The zero-order chi connectivity index (χ0) is 10.7. The average molecular weight is 263 g/mol. The van der Waals surface area contributed by atoms with E-state index < -0.39 is 0 Å². The van der Waals surface area contributed by atoms with Crippen molar-refractivity contribution < 1.29 is 14.2 Å². The first kappa shape index (κ1) is 11.5. The molecule has 0 aliphatic heterocycles. The zero-order valence-electron chi connectivity index (χ0n) is 8.10. The van der Waals surface area contributed by atoms with E-state index in [0.29, 0.717) is 22.2 Å². The van der Waals surface area contributed by atoms with Crippen molar-refractivity contribution in [3.63, 3.8) is 0 Å². The average Bonchev–Trinajstić information content (AvgIpc) is 2.14. The van der Waals surface area contributed by atoms with E-state index in [4.69, 9.17) is 9.84 Å². The van der Waals surface area contributed by atoms with Crippen LogP contribution in [0.2, 0.25) is 0 Å². The molecule has 1 aromatic carbocycles. The van der Waals surface area contributed by atoms with Crippen LogP contribution in [0.5, 0.6) is 5.75 Å². The van der Waals surface area contributed by atoms with E-state index in [1.807, 2.05) is 0 Å². The normalized spacial score (nSPS) is 10.4. The Morgan fingerprint density at radius 3 is 2.71 bits per heavy atom. The Bertz CT molecular complexity index is 339. The molecule has 78 valence electrons. The Labute approximate surface area is 90.8 Å². The van der Waals surface area contributed by atoms with Crippen LogP contribution in [0.4, 0.5) is 4.39 Å². The van der Waals surface area contributed by atoms with Crippen LogP contribution in [-0.2, 0) is 6.42 Å². The molecule has 0 saturated heterocycles. The minimum atomic E-state index is -0.327. The number of ether oxygens (including phenoxy) is 1. The molecule has 0 spiro atoms. The first-order valence-corrected chi connectivity index (χ1v) is 5.03. The van der Waals surface area contributed by atoms with E-state index >= 15 is 0 Å². The van der Waals surface area contributed by atoms with Gasteiger partial charge in [0.1, 0.15) is 11.6 Å². The van der Waals surface area contributed by atoms with Crippen LogP contribution in [0, 0.1) is 12.7 Å². The van der Waals surface area contributed by atoms with Gasteiger partial charge >= 0.3 is 0 Å². The largest absolute Gasteiger partial charge is 0.496 e. The van der Waals surface area contributed by atoms with Crippen molar-refractivity contribution in [1.82, 2.24) is 0 Å². The van der Waals surface area contributed by atoms with Gasteiger partial charge in [0.25, 0.3) is 0 Å². The Hall–Kier alpha value is -0.610. The van der Waals surface area contributed by atoms with Gasteiger partial charge in [0.2, 0.25) is 0 Å². The molecule has 0 aliphatic carbocycles. The third-order valence-corrected chi connectivity index (χ3v) is 2.87. The summed E-state index contributed by atoms with van der Waals surface area (Å²) < 4.78 is 18.8. The third kappa shape index (κ3) is 2.07. The molecule has 0 unspecified atom stereocenters. The summed E-state index contributed by atoms with van der Waals surface area (Å²) in [7, 11) is 1.54. The van der Waals surface area contributed by atoms with Crippen molar-refractivity contribution in [1.29, 1.82) is 0 Å². The molecule has 1 N–H and O–H groups in total. The topological polar surface area (TPSA) is 29.5 Å². The van der Waals surface area contributed by atoms with Gasteiger partial charge < -0.3 is 9.84 Å². The SMILES string of the molecule is COc1c(C)cc(F)c(Br)c1CCO. The summed E-state index contributed by atoms with van der Waals surface area (Å²) in [5.41, 5.74) is 1.41. The molecule has 0 aliphatic rings. The lowest BCUT2D eigenvalue weighted by Crippen LogP contribution is -2.01. The molecule has 0 aromatic heterocycles. The number of benzene rings is 1.